The first-order valence-corrected chi connectivity index (χ1v) is 8.68. The molecule has 1 atom stereocenters. The van der Waals surface area contributed by atoms with Crippen molar-refractivity contribution in [3.63, 3.8) is 0 Å². The number of carboxylic acid groups (broad SMARTS) is 1. The zero-order chi connectivity index (χ0) is 18.5. The zero-order valence-electron chi connectivity index (χ0n) is 14.7. The summed E-state index contributed by atoms with van der Waals surface area (Å²) in [6, 6.07) is 11.3. The Kier molecular flexibility index (Phi) is 5.46. The summed E-state index contributed by atoms with van der Waals surface area (Å²) in [7, 11) is 0. The lowest BCUT2D eigenvalue weighted by atomic mass is 9.98. The van der Waals surface area contributed by atoms with Gasteiger partial charge in [-0.1, -0.05) is 29.8 Å². The Labute approximate surface area is 152 Å². The third-order valence-electron chi connectivity index (χ3n) is 4.46. The van der Waals surface area contributed by atoms with Gasteiger partial charge in [-0.05, 0) is 37.5 Å². The molecule has 1 aromatic carbocycles. The molecule has 136 valence electrons. The smallest absolute Gasteiger partial charge is 0.308 e. The van der Waals surface area contributed by atoms with E-state index in [1.165, 1.54) is 0 Å². The Balaban J connectivity index is 1.59. The maximum atomic E-state index is 12.1. The Morgan fingerprint density at radius 2 is 2.12 bits per heavy atom. The molecule has 0 bridgehead atoms. The minimum absolute atomic E-state index is 0.151. The monoisotopic (exact) mass is 354 g/mol. The number of aromatic nitrogens is 2. The number of carboxylic acids is 1. The van der Waals surface area contributed by atoms with Gasteiger partial charge >= 0.3 is 5.97 Å². The molecule has 0 saturated carbocycles. The molecular weight excluding hydrogens is 332 g/mol. The maximum Gasteiger partial charge on any atom is 0.308 e. The molecule has 7 heteroatoms. The van der Waals surface area contributed by atoms with Gasteiger partial charge < -0.3 is 15.3 Å². The summed E-state index contributed by atoms with van der Waals surface area (Å²) < 4.78 is 0. The summed E-state index contributed by atoms with van der Waals surface area (Å²) in [6.07, 6.45) is 1.78. The Morgan fingerprint density at radius 3 is 2.81 bits per heavy atom. The van der Waals surface area contributed by atoms with Crippen LogP contribution in [-0.2, 0) is 16.0 Å². The number of carbonyl (C=O) groups is 2. The normalized spacial score (nSPS) is 17.0. The van der Waals surface area contributed by atoms with Crippen LogP contribution in [0.5, 0.6) is 0 Å². The number of rotatable bonds is 5. The molecule has 1 aliphatic rings. The molecule has 2 aromatic rings. The van der Waals surface area contributed by atoms with Gasteiger partial charge in [-0.15, -0.1) is 10.2 Å². The largest absolute Gasteiger partial charge is 0.481 e. The van der Waals surface area contributed by atoms with Gasteiger partial charge in [0.2, 0.25) is 5.91 Å². The van der Waals surface area contributed by atoms with Crippen molar-refractivity contribution in [2.24, 2.45) is 5.92 Å². The topological polar surface area (TPSA) is 95.4 Å². The lowest BCUT2D eigenvalue weighted by Crippen LogP contribution is -2.39. The molecule has 1 aromatic heterocycles. The van der Waals surface area contributed by atoms with Crippen molar-refractivity contribution in [3.8, 4) is 0 Å². The van der Waals surface area contributed by atoms with Crippen molar-refractivity contribution >= 4 is 23.5 Å². The van der Waals surface area contributed by atoms with Crippen LogP contribution in [0.4, 0.5) is 11.6 Å². The van der Waals surface area contributed by atoms with E-state index >= 15 is 0 Å². The van der Waals surface area contributed by atoms with Crippen molar-refractivity contribution in [2.75, 3.05) is 23.3 Å². The van der Waals surface area contributed by atoms with Gasteiger partial charge in [-0.3, -0.25) is 9.59 Å². The van der Waals surface area contributed by atoms with E-state index in [1.54, 1.807) is 12.1 Å². The molecule has 1 unspecified atom stereocenters. The highest BCUT2D eigenvalue weighted by Gasteiger charge is 2.26. The maximum absolute atomic E-state index is 12.1. The summed E-state index contributed by atoms with van der Waals surface area (Å²) in [6.45, 7) is 3.18. The number of hydrogen-bond donors (Lipinski definition) is 2. The number of carbonyl (C=O) groups excluding carboxylic acids is 1. The molecule has 0 spiro atoms. The third kappa shape index (κ3) is 4.56. The molecule has 3 rings (SSSR count). The van der Waals surface area contributed by atoms with Crippen LogP contribution in [0.2, 0.25) is 0 Å². The predicted molar refractivity (Wildman–Crippen MR) is 98.1 cm³/mol. The number of nitrogens with zero attached hydrogens (tertiary/aromatic N) is 3. The molecule has 1 saturated heterocycles. The van der Waals surface area contributed by atoms with E-state index in [0.717, 1.165) is 24.1 Å². The molecule has 26 heavy (non-hydrogen) atoms. The number of aliphatic carboxylic acids is 1. The lowest BCUT2D eigenvalue weighted by molar-refractivity contribution is -0.142. The minimum atomic E-state index is -0.775. The number of benzene rings is 1. The first-order valence-electron chi connectivity index (χ1n) is 8.68. The average molecular weight is 354 g/mol. The molecule has 0 aliphatic carbocycles. The molecule has 1 amide bonds. The van der Waals surface area contributed by atoms with Gasteiger partial charge in [0, 0.05) is 13.1 Å². The van der Waals surface area contributed by atoms with E-state index in [9.17, 15) is 14.7 Å². The van der Waals surface area contributed by atoms with Crippen molar-refractivity contribution in [2.45, 2.75) is 26.2 Å². The second-order valence-corrected chi connectivity index (χ2v) is 6.61. The second-order valence-electron chi connectivity index (χ2n) is 6.61. The molecular formula is C19H22N4O3. The van der Waals surface area contributed by atoms with Crippen LogP contribution in [0.1, 0.15) is 24.0 Å². The molecule has 2 N–H and O–H groups in total. The van der Waals surface area contributed by atoms with Crippen molar-refractivity contribution in [3.05, 3.63) is 47.5 Å². The molecule has 7 nitrogen and oxygen atoms in total. The van der Waals surface area contributed by atoms with Gasteiger partial charge in [0.15, 0.2) is 11.6 Å². The van der Waals surface area contributed by atoms with E-state index in [2.05, 4.69) is 15.5 Å². The standard InChI is InChI=1S/C19H22N4O3/c1-13-4-2-5-14(10-13)11-18(24)20-16-7-8-17(22-21-16)23-9-3-6-15(12-23)19(25)26/h2,4-5,7-8,10,15H,3,6,9,11-12H2,1H3,(H,25,26)(H,20,21,24). The Bertz CT molecular complexity index is 792. The van der Waals surface area contributed by atoms with Gasteiger partial charge in [0.25, 0.3) is 0 Å². The van der Waals surface area contributed by atoms with Crippen LogP contribution in [0.15, 0.2) is 36.4 Å². The molecule has 1 fully saturated rings. The molecule has 0 radical (unpaired) electrons. The number of hydrogen-bond acceptors (Lipinski definition) is 5. The number of amides is 1. The van der Waals surface area contributed by atoms with Crippen LogP contribution in [0, 0.1) is 12.8 Å². The highest BCUT2D eigenvalue weighted by Crippen LogP contribution is 2.22. The average Bonchev–Trinajstić information content (AvgIpc) is 2.62. The fourth-order valence-corrected chi connectivity index (χ4v) is 3.14. The van der Waals surface area contributed by atoms with Crippen LogP contribution < -0.4 is 10.2 Å². The number of anilines is 2. The quantitative estimate of drug-likeness (QED) is 0.855. The van der Waals surface area contributed by atoms with Gasteiger partial charge in [-0.2, -0.15) is 0 Å². The van der Waals surface area contributed by atoms with E-state index in [4.69, 9.17) is 0 Å². The van der Waals surface area contributed by atoms with Crippen molar-refractivity contribution in [1.82, 2.24) is 10.2 Å². The summed E-state index contributed by atoms with van der Waals surface area (Å²) in [5.41, 5.74) is 2.06. The third-order valence-corrected chi connectivity index (χ3v) is 4.46. The summed E-state index contributed by atoms with van der Waals surface area (Å²) in [5.74, 6) is -0.283. The SMILES string of the molecule is Cc1cccc(CC(=O)Nc2ccc(N3CCCC(C(=O)O)C3)nn2)c1. The van der Waals surface area contributed by atoms with E-state index in [1.807, 2.05) is 36.1 Å². The predicted octanol–water partition coefficient (Wildman–Crippen LogP) is 2.27. The first kappa shape index (κ1) is 17.8. The zero-order valence-corrected chi connectivity index (χ0v) is 14.7. The summed E-state index contributed by atoms with van der Waals surface area (Å²) in [5, 5.41) is 20.1. The summed E-state index contributed by atoms with van der Waals surface area (Å²) >= 11 is 0. The number of aryl methyl sites for hydroxylation is 1. The number of piperidine rings is 1. The number of nitrogens with one attached hydrogen (secondary N) is 1. The second kappa shape index (κ2) is 7.95. The lowest BCUT2D eigenvalue weighted by Gasteiger charge is -2.31. The fourth-order valence-electron chi connectivity index (χ4n) is 3.14. The van der Waals surface area contributed by atoms with E-state index in [-0.39, 0.29) is 18.2 Å². The van der Waals surface area contributed by atoms with Crippen molar-refractivity contribution in [1.29, 1.82) is 0 Å². The molecule has 1 aliphatic heterocycles. The van der Waals surface area contributed by atoms with Gasteiger partial charge in [0.1, 0.15) is 0 Å². The fraction of sp³-hybridized carbons (Fsp3) is 0.368. The van der Waals surface area contributed by atoms with Gasteiger partial charge in [0.05, 0.1) is 12.3 Å². The highest BCUT2D eigenvalue weighted by atomic mass is 16.4. The van der Waals surface area contributed by atoms with Crippen LogP contribution in [0.25, 0.3) is 0 Å². The Morgan fingerprint density at radius 1 is 1.27 bits per heavy atom. The van der Waals surface area contributed by atoms with Crippen LogP contribution >= 0.6 is 0 Å². The van der Waals surface area contributed by atoms with Crippen molar-refractivity contribution < 1.29 is 14.7 Å². The summed E-state index contributed by atoms with van der Waals surface area (Å²) in [4.78, 5) is 25.2. The highest BCUT2D eigenvalue weighted by molar-refractivity contribution is 5.91. The first-order chi connectivity index (χ1) is 12.5. The van der Waals surface area contributed by atoms with Gasteiger partial charge in [-0.25, -0.2) is 0 Å². The van der Waals surface area contributed by atoms with E-state index < -0.39 is 5.97 Å². The van der Waals surface area contributed by atoms with E-state index in [0.29, 0.717) is 24.6 Å². The Hall–Kier alpha value is -2.96. The molecule has 2 heterocycles. The minimum Gasteiger partial charge on any atom is -0.481 e. The van der Waals surface area contributed by atoms with Crippen LogP contribution in [-0.4, -0.2) is 40.3 Å². The van der Waals surface area contributed by atoms with Crippen LogP contribution in [0.3, 0.4) is 0 Å².